The van der Waals surface area contributed by atoms with Crippen LogP contribution in [0.3, 0.4) is 0 Å². The summed E-state index contributed by atoms with van der Waals surface area (Å²) in [5.74, 6) is -0.770. The van der Waals surface area contributed by atoms with Gasteiger partial charge in [0.05, 0.1) is 42.2 Å². The van der Waals surface area contributed by atoms with Gasteiger partial charge < -0.3 is 54.3 Å². The number of allylic oxidation sites excluding steroid dienone is 6. The fourth-order valence-electron chi connectivity index (χ4n) is 12.3. The number of cyclic esters (lactones) is 3. The molecule has 3 fully saturated rings. The number of aliphatic hydroxyl groups excluding tert-OH is 6. The first-order valence-corrected chi connectivity index (χ1v) is 31.0. The predicted octanol–water partition coefficient (Wildman–Crippen LogP) is 11.5. The summed E-state index contributed by atoms with van der Waals surface area (Å²) in [5, 5.41) is 62.6. The minimum Gasteiger partial charge on any atom is -0.489 e. The average Bonchev–Trinajstić information content (AvgIpc) is 2.67. The second-order valence-corrected chi connectivity index (χ2v) is 23.8. The number of halogens is 4. The lowest BCUT2D eigenvalue weighted by Gasteiger charge is -2.25. The number of carbonyl (C=O) groups excluding carboxylic acids is 3. The van der Waals surface area contributed by atoms with Crippen molar-refractivity contribution in [2.75, 3.05) is 13.2 Å². The fraction of sp³-hybridized carbons (Fsp3) is 0.544. The van der Waals surface area contributed by atoms with Gasteiger partial charge in [0.15, 0.2) is 12.2 Å². The van der Waals surface area contributed by atoms with Crippen LogP contribution in [0.15, 0.2) is 140 Å². The van der Waals surface area contributed by atoms with Crippen LogP contribution in [0, 0.1) is 35.5 Å². The minimum absolute atomic E-state index is 0.0144. The lowest BCUT2D eigenvalue weighted by Crippen LogP contribution is -2.25. The normalized spacial score (nSPS) is 33.1. The van der Waals surface area contributed by atoms with Crippen molar-refractivity contribution < 1.29 is 81.9 Å². The lowest BCUT2D eigenvalue weighted by atomic mass is 9.85. The zero-order valence-electron chi connectivity index (χ0n) is 48.7. The lowest BCUT2D eigenvalue weighted by molar-refractivity contribution is -0.150. The minimum atomic E-state index is -4.49. The van der Waals surface area contributed by atoms with Crippen LogP contribution in [0.5, 0.6) is 11.5 Å². The molecule has 3 aliphatic heterocycles. The number of benzene rings is 3. The van der Waals surface area contributed by atoms with E-state index in [4.69, 9.17) is 35.3 Å². The summed E-state index contributed by atoms with van der Waals surface area (Å²) >= 11 is 5.98. The van der Waals surface area contributed by atoms with Crippen molar-refractivity contribution >= 4 is 29.5 Å². The Morgan fingerprint density at radius 3 is 1.49 bits per heavy atom. The second kappa shape index (κ2) is 34.7. The third kappa shape index (κ3) is 22.1. The summed E-state index contributed by atoms with van der Waals surface area (Å²) in [6.45, 7) is -0.0191. The largest absolute Gasteiger partial charge is 0.489 e. The number of ether oxygens (including phenoxy) is 5. The Labute approximate surface area is 508 Å². The molecule has 0 radical (unpaired) electrons. The van der Waals surface area contributed by atoms with Gasteiger partial charge >= 0.3 is 24.1 Å². The molecule has 0 bridgehead atoms. The van der Waals surface area contributed by atoms with E-state index < -0.39 is 66.5 Å². The highest BCUT2D eigenvalue weighted by Crippen LogP contribution is 2.41. The van der Waals surface area contributed by atoms with Gasteiger partial charge in [-0.3, -0.25) is 14.4 Å². The number of carbonyl (C=O) groups is 3. The van der Waals surface area contributed by atoms with Crippen LogP contribution in [-0.2, 0) is 41.2 Å². The molecule has 14 nitrogen and oxygen atoms in total. The molecule has 3 unspecified atom stereocenters. The standard InChI is InChI=1S/C23H27F3O5.C23H32O4.C22H27ClO5/c24-23(25,26)15-6-5-7-16(12-15)30-14-17-10-11-19-18(20(27)13-21(19)28)8-3-1-2-4-9-22(29)31-17;24-21-16-22(25)20-15-14-18(13-12-17-8-4-3-5-9-17)27-23(26)11-7-2-1-6-10-19(20)21;23-15-6-5-7-16(12-15)27-14-17-10-11-19-18(20(24)13-21(19)25)8-3-1-2-4-9-22(26)28-17/h1,3,5-7,10-12,17-21,27-28H,2,4,8-9,13-14H2;1,3-6,8-9,18-22,24-25H,2,7,10-16H2;1,3,5-7,10-12,17-21,24-25H,2,4,8-9,13-14H2/b3-1-,11-10+;6-1-;3-1-,11-10+/t17-,18+,19?,20-,21+;18-,19-,20?,21+,22-;17-,18+,19?,20-,21+/m010/s1. The molecule has 3 heterocycles. The van der Waals surface area contributed by atoms with Crippen molar-refractivity contribution in [3.63, 3.8) is 0 Å². The smallest absolute Gasteiger partial charge is 0.416 e. The number of aryl methyl sites for hydroxylation is 1. The molecule has 86 heavy (non-hydrogen) atoms. The Morgan fingerprint density at radius 1 is 0.500 bits per heavy atom. The number of rotatable bonds is 9. The quantitative estimate of drug-likeness (QED) is 0.0667. The van der Waals surface area contributed by atoms with E-state index in [1.165, 1.54) is 17.7 Å². The van der Waals surface area contributed by atoms with Crippen LogP contribution in [-0.4, -0.2) is 117 Å². The van der Waals surface area contributed by atoms with Crippen LogP contribution in [0.25, 0.3) is 0 Å². The first-order chi connectivity index (χ1) is 41.4. The van der Waals surface area contributed by atoms with Crippen molar-refractivity contribution in [1.82, 2.24) is 0 Å². The van der Waals surface area contributed by atoms with E-state index in [1.54, 1.807) is 42.5 Å². The Bertz CT molecular complexity index is 2720. The summed E-state index contributed by atoms with van der Waals surface area (Å²) in [7, 11) is 0. The summed E-state index contributed by atoms with van der Waals surface area (Å²) < 4.78 is 66.8. The molecule has 15 atom stereocenters. The van der Waals surface area contributed by atoms with Gasteiger partial charge in [-0.05, 0) is 168 Å². The highest BCUT2D eigenvalue weighted by atomic mass is 35.5. The maximum atomic E-state index is 12.9. The van der Waals surface area contributed by atoms with E-state index in [2.05, 4.69) is 24.3 Å². The van der Waals surface area contributed by atoms with Crippen molar-refractivity contribution in [3.8, 4) is 11.5 Å². The predicted molar refractivity (Wildman–Crippen MR) is 319 cm³/mol. The third-order valence-electron chi connectivity index (χ3n) is 17.0. The molecule has 3 aromatic rings. The van der Waals surface area contributed by atoms with Crippen molar-refractivity contribution in [2.24, 2.45) is 35.5 Å². The van der Waals surface area contributed by atoms with Gasteiger partial charge in [0.25, 0.3) is 0 Å². The van der Waals surface area contributed by atoms with Gasteiger partial charge in [0.1, 0.15) is 30.8 Å². The molecule has 3 aromatic carbocycles. The Morgan fingerprint density at radius 2 is 0.965 bits per heavy atom. The zero-order valence-corrected chi connectivity index (χ0v) is 49.5. The van der Waals surface area contributed by atoms with Crippen LogP contribution in [0.2, 0.25) is 5.02 Å². The van der Waals surface area contributed by atoms with Crippen LogP contribution in [0.4, 0.5) is 13.2 Å². The molecule has 9 rings (SSSR count). The molecule has 6 aliphatic rings. The van der Waals surface area contributed by atoms with E-state index in [-0.39, 0.29) is 85.4 Å². The van der Waals surface area contributed by atoms with Gasteiger partial charge in [-0.1, -0.05) is 103 Å². The molecule has 0 amide bonds. The first-order valence-electron chi connectivity index (χ1n) is 30.6. The molecule has 0 spiro atoms. The van der Waals surface area contributed by atoms with Gasteiger partial charge in [0, 0.05) is 49.0 Å². The molecular formula is C68H86ClF3O14. The molecule has 3 saturated carbocycles. The molecule has 470 valence electrons. The van der Waals surface area contributed by atoms with Gasteiger partial charge in [0.2, 0.25) is 0 Å². The second-order valence-electron chi connectivity index (χ2n) is 23.4. The highest BCUT2D eigenvalue weighted by Gasteiger charge is 2.42. The topological polar surface area (TPSA) is 219 Å². The number of esters is 3. The number of hydrogen-bond donors (Lipinski definition) is 6. The maximum Gasteiger partial charge on any atom is 0.416 e. The number of hydrogen-bond acceptors (Lipinski definition) is 14. The molecule has 6 N–H and O–H groups in total. The average molecular weight is 1220 g/mol. The van der Waals surface area contributed by atoms with Crippen molar-refractivity contribution in [3.05, 3.63) is 156 Å². The van der Waals surface area contributed by atoms with Crippen molar-refractivity contribution in [2.45, 2.75) is 183 Å². The Kier molecular flexibility index (Phi) is 27.3. The fourth-order valence-corrected chi connectivity index (χ4v) is 12.5. The maximum absolute atomic E-state index is 12.9. The molecular weight excluding hydrogens is 1130 g/mol. The summed E-state index contributed by atoms with van der Waals surface area (Å²) in [6, 6.07) is 21.8. The van der Waals surface area contributed by atoms with E-state index in [0.717, 1.165) is 63.5 Å². The Balaban J connectivity index is 0.000000185. The van der Waals surface area contributed by atoms with Gasteiger partial charge in [-0.25, -0.2) is 0 Å². The van der Waals surface area contributed by atoms with E-state index in [0.29, 0.717) is 68.6 Å². The number of aliphatic hydroxyl groups is 6. The third-order valence-corrected chi connectivity index (χ3v) is 17.2. The highest BCUT2D eigenvalue weighted by molar-refractivity contribution is 6.30. The van der Waals surface area contributed by atoms with Crippen LogP contribution >= 0.6 is 11.6 Å². The van der Waals surface area contributed by atoms with Crippen LogP contribution in [0.1, 0.15) is 127 Å². The monoisotopic (exact) mass is 1220 g/mol. The number of fused-ring (bicyclic) bond motifs is 3. The Hall–Kier alpha value is -5.79. The SMILES string of the molecule is O=C1CCC/C=C\C[C@@H]2C(/C=C/[C@@H](COc3cccc(C(F)(F)F)c3)O1)[C@H](O)C[C@@H]2O.O=C1CCC/C=C\C[C@@H]2C(/C=C/[C@@H](COc3cccc(Cl)c3)O1)[C@H](O)C[C@@H]2O.O=C1CCC/C=C\C[C@@H]2C(CC[C@@H](CCc3ccccc3)O1)[C@H](O)C[C@@H]2O. The summed E-state index contributed by atoms with van der Waals surface area (Å²) in [6.07, 6.45) is 21.4. The molecule has 0 saturated heterocycles. The zero-order chi connectivity index (χ0) is 61.4. The van der Waals surface area contributed by atoms with E-state index >= 15 is 0 Å². The van der Waals surface area contributed by atoms with E-state index in [9.17, 15) is 58.2 Å². The van der Waals surface area contributed by atoms with Gasteiger partial charge in [-0.15, -0.1) is 0 Å². The number of alkyl halides is 3. The summed E-state index contributed by atoms with van der Waals surface area (Å²) in [5.41, 5.74) is 0.417. The van der Waals surface area contributed by atoms with E-state index in [1.807, 2.05) is 48.6 Å². The van der Waals surface area contributed by atoms with Crippen LogP contribution < -0.4 is 9.47 Å². The molecule has 3 aliphatic carbocycles. The molecule has 18 heteroatoms. The first kappa shape index (κ1) is 67.7. The van der Waals surface area contributed by atoms with Gasteiger partial charge in [-0.2, -0.15) is 13.2 Å². The summed E-state index contributed by atoms with van der Waals surface area (Å²) in [4.78, 5) is 36.5. The van der Waals surface area contributed by atoms with Crippen molar-refractivity contribution in [1.29, 1.82) is 0 Å². The molecule has 0 aromatic heterocycles.